The first-order valence-electron chi connectivity index (χ1n) is 7.04. The SMILES string of the molecule is CCC(CC)n1ccc(CC(O)C2CCSC2)n1. The largest absolute Gasteiger partial charge is 0.392 e. The molecule has 0 amide bonds. The molecule has 0 radical (unpaired) electrons. The van der Waals surface area contributed by atoms with Crippen molar-refractivity contribution in [3.63, 3.8) is 0 Å². The average molecular weight is 268 g/mol. The van der Waals surface area contributed by atoms with Crippen molar-refractivity contribution in [2.45, 2.75) is 51.7 Å². The van der Waals surface area contributed by atoms with Gasteiger partial charge in [-0.1, -0.05) is 13.8 Å². The first-order chi connectivity index (χ1) is 8.74. The number of nitrogens with zero attached hydrogens (tertiary/aromatic N) is 2. The Morgan fingerprint density at radius 3 is 2.89 bits per heavy atom. The molecule has 0 aromatic carbocycles. The molecule has 1 N–H and O–H groups in total. The fourth-order valence-electron chi connectivity index (χ4n) is 2.59. The Balaban J connectivity index is 1.93. The van der Waals surface area contributed by atoms with Crippen LogP contribution in [-0.4, -0.2) is 32.5 Å². The molecule has 1 aromatic heterocycles. The number of rotatable bonds is 6. The molecule has 2 rings (SSSR count). The Morgan fingerprint density at radius 2 is 2.28 bits per heavy atom. The topological polar surface area (TPSA) is 38.0 Å². The lowest BCUT2D eigenvalue weighted by Crippen LogP contribution is -2.23. The number of aromatic nitrogens is 2. The summed E-state index contributed by atoms with van der Waals surface area (Å²) in [5.74, 6) is 2.77. The lowest BCUT2D eigenvalue weighted by atomic mass is 9.98. The van der Waals surface area contributed by atoms with Gasteiger partial charge in [-0.15, -0.1) is 0 Å². The van der Waals surface area contributed by atoms with E-state index >= 15 is 0 Å². The van der Waals surface area contributed by atoms with Gasteiger partial charge in [0.1, 0.15) is 0 Å². The molecule has 4 heteroatoms. The minimum Gasteiger partial charge on any atom is -0.392 e. The van der Waals surface area contributed by atoms with E-state index in [1.54, 1.807) is 0 Å². The van der Waals surface area contributed by atoms with Gasteiger partial charge in [-0.3, -0.25) is 4.68 Å². The second kappa shape index (κ2) is 6.62. The zero-order chi connectivity index (χ0) is 13.0. The van der Waals surface area contributed by atoms with E-state index in [0.29, 0.717) is 18.4 Å². The van der Waals surface area contributed by atoms with Crippen molar-refractivity contribution in [1.82, 2.24) is 9.78 Å². The van der Waals surface area contributed by atoms with Crippen molar-refractivity contribution in [2.75, 3.05) is 11.5 Å². The smallest absolute Gasteiger partial charge is 0.0650 e. The van der Waals surface area contributed by atoms with Crippen molar-refractivity contribution in [2.24, 2.45) is 5.92 Å². The highest BCUT2D eigenvalue weighted by molar-refractivity contribution is 7.99. The fourth-order valence-corrected chi connectivity index (χ4v) is 3.92. The number of thioether (sulfide) groups is 1. The number of hydrogen-bond acceptors (Lipinski definition) is 3. The summed E-state index contributed by atoms with van der Waals surface area (Å²) < 4.78 is 2.06. The van der Waals surface area contributed by atoms with Crippen molar-refractivity contribution < 1.29 is 5.11 Å². The van der Waals surface area contributed by atoms with E-state index in [1.165, 1.54) is 5.75 Å². The van der Waals surface area contributed by atoms with Crippen molar-refractivity contribution in [1.29, 1.82) is 0 Å². The van der Waals surface area contributed by atoms with Crippen LogP contribution in [0, 0.1) is 5.92 Å². The van der Waals surface area contributed by atoms with Crippen LogP contribution in [0.15, 0.2) is 12.3 Å². The van der Waals surface area contributed by atoms with Crippen LogP contribution < -0.4 is 0 Å². The Labute approximate surface area is 114 Å². The Morgan fingerprint density at radius 1 is 1.50 bits per heavy atom. The molecule has 1 aromatic rings. The van der Waals surface area contributed by atoms with Gasteiger partial charge in [0.25, 0.3) is 0 Å². The van der Waals surface area contributed by atoms with Crippen molar-refractivity contribution in [3.05, 3.63) is 18.0 Å². The zero-order valence-electron chi connectivity index (χ0n) is 11.4. The molecule has 2 atom stereocenters. The van der Waals surface area contributed by atoms with E-state index < -0.39 is 0 Å². The van der Waals surface area contributed by atoms with Gasteiger partial charge in [0.2, 0.25) is 0 Å². The molecule has 102 valence electrons. The van der Waals surface area contributed by atoms with Gasteiger partial charge in [0, 0.05) is 12.6 Å². The minimum atomic E-state index is -0.218. The van der Waals surface area contributed by atoms with E-state index in [0.717, 1.165) is 30.7 Å². The second-order valence-corrected chi connectivity index (χ2v) is 6.30. The Kier molecular flexibility index (Phi) is 5.13. The fraction of sp³-hybridized carbons (Fsp3) is 0.786. The van der Waals surface area contributed by atoms with Gasteiger partial charge in [0.15, 0.2) is 0 Å². The molecule has 2 unspecified atom stereocenters. The first-order valence-corrected chi connectivity index (χ1v) is 8.19. The third-order valence-corrected chi connectivity index (χ3v) is 5.10. The maximum absolute atomic E-state index is 10.2. The van der Waals surface area contributed by atoms with E-state index in [4.69, 9.17) is 0 Å². The Bertz CT molecular complexity index is 356. The third-order valence-electron chi connectivity index (χ3n) is 3.91. The summed E-state index contributed by atoms with van der Waals surface area (Å²) in [5, 5.41) is 14.8. The maximum Gasteiger partial charge on any atom is 0.0650 e. The number of aliphatic hydroxyl groups is 1. The van der Waals surface area contributed by atoms with Crippen LogP contribution >= 0.6 is 11.8 Å². The van der Waals surface area contributed by atoms with Crippen molar-refractivity contribution >= 4 is 11.8 Å². The molecule has 1 fully saturated rings. The highest BCUT2D eigenvalue weighted by Crippen LogP contribution is 2.27. The molecule has 1 aliphatic rings. The maximum atomic E-state index is 10.2. The van der Waals surface area contributed by atoms with Crippen LogP contribution in [0.3, 0.4) is 0 Å². The first kappa shape index (κ1) is 13.9. The quantitative estimate of drug-likeness (QED) is 0.862. The van der Waals surface area contributed by atoms with Crippen LogP contribution in [0.4, 0.5) is 0 Å². The normalized spacial score (nSPS) is 21.7. The highest BCUT2D eigenvalue weighted by atomic mass is 32.2. The van der Waals surface area contributed by atoms with Gasteiger partial charge in [-0.05, 0) is 42.8 Å². The molecule has 2 heterocycles. The van der Waals surface area contributed by atoms with E-state index in [-0.39, 0.29) is 6.10 Å². The number of aliphatic hydroxyl groups excluding tert-OH is 1. The third kappa shape index (κ3) is 3.29. The van der Waals surface area contributed by atoms with Gasteiger partial charge < -0.3 is 5.11 Å². The molecule has 0 spiro atoms. The predicted molar refractivity (Wildman–Crippen MR) is 77.0 cm³/mol. The summed E-state index contributed by atoms with van der Waals surface area (Å²) >= 11 is 1.95. The van der Waals surface area contributed by atoms with E-state index in [9.17, 15) is 5.11 Å². The average Bonchev–Trinajstić information content (AvgIpc) is 3.01. The predicted octanol–water partition coefficient (Wildman–Crippen LogP) is 2.90. The van der Waals surface area contributed by atoms with Crippen LogP contribution in [0.25, 0.3) is 0 Å². The molecule has 1 saturated heterocycles. The van der Waals surface area contributed by atoms with Gasteiger partial charge in [-0.2, -0.15) is 16.9 Å². The van der Waals surface area contributed by atoms with Gasteiger partial charge in [-0.25, -0.2) is 0 Å². The second-order valence-electron chi connectivity index (χ2n) is 5.15. The van der Waals surface area contributed by atoms with Crippen molar-refractivity contribution in [3.8, 4) is 0 Å². The van der Waals surface area contributed by atoms with Crippen LogP contribution in [0.1, 0.15) is 44.8 Å². The Hall–Kier alpha value is -0.480. The summed E-state index contributed by atoms with van der Waals surface area (Å²) in [6, 6.07) is 2.56. The van der Waals surface area contributed by atoms with Crippen LogP contribution in [-0.2, 0) is 6.42 Å². The summed E-state index contributed by atoms with van der Waals surface area (Å²) in [6.45, 7) is 4.39. The molecule has 0 aliphatic carbocycles. The van der Waals surface area contributed by atoms with Gasteiger partial charge >= 0.3 is 0 Å². The standard InChI is InChI=1S/C14H24N2OS/c1-3-13(4-2)16-7-5-12(15-16)9-14(17)11-6-8-18-10-11/h5,7,11,13-14,17H,3-4,6,8-10H2,1-2H3. The molecule has 3 nitrogen and oxygen atoms in total. The highest BCUT2D eigenvalue weighted by Gasteiger charge is 2.24. The van der Waals surface area contributed by atoms with Crippen LogP contribution in [0.2, 0.25) is 0 Å². The van der Waals surface area contributed by atoms with E-state index in [1.807, 2.05) is 11.8 Å². The summed E-state index contributed by atoms with van der Waals surface area (Å²) in [6.07, 6.45) is 5.92. The lowest BCUT2D eigenvalue weighted by Gasteiger charge is -2.16. The van der Waals surface area contributed by atoms with Gasteiger partial charge in [0.05, 0.1) is 17.8 Å². The number of hydrogen-bond donors (Lipinski definition) is 1. The molecule has 0 bridgehead atoms. The molecule has 18 heavy (non-hydrogen) atoms. The molecule has 0 saturated carbocycles. The summed E-state index contributed by atoms with van der Waals surface area (Å²) in [5.41, 5.74) is 1.03. The molecule has 1 aliphatic heterocycles. The lowest BCUT2D eigenvalue weighted by molar-refractivity contribution is 0.119. The minimum absolute atomic E-state index is 0.218. The van der Waals surface area contributed by atoms with E-state index in [2.05, 4.69) is 35.9 Å². The summed E-state index contributed by atoms with van der Waals surface area (Å²) in [4.78, 5) is 0. The molecular weight excluding hydrogens is 244 g/mol. The monoisotopic (exact) mass is 268 g/mol. The van der Waals surface area contributed by atoms with Crippen LogP contribution in [0.5, 0.6) is 0 Å². The zero-order valence-corrected chi connectivity index (χ0v) is 12.2. The molecular formula is C14H24N2OS. The summed E-state index contributed by atoms with van der Waals surface area (Å²) in [7, 11) is 0.